The van der Waals surface area contributed by atoms with Crippen molar-refractivity contribution in [1.29, 1.82) is 0 Å². The minimum Gasteiger partial charge on any atom is -0.392 e. The third kappa shape index (κ3) is 1.83. The maximum Gasteiger partial charge on any atom is 0.350 e. The van der Waals surface area contributed by atoms with Gasteiger partial charge in [0, 0.05) is 12.6 Å². The lowest BCUT2D eigenvalue weighted by atomic mass is 10.2. The van der Waals surface area contributed by atoms with Crippen molar-refractivity contribution >= 4 is 5.82 Å². The topological polar surface area (TPSA) is 81.1 Å². The number of aliphatic hydroxyl groups excluding tert-OH is 1. The fourth-order valence-corrected chi connectivity index (χ4v) is 1.81. The highest BCUT2D eigenvalue weighted by molar-refractivity contribution is 5.25. The molecular weight excluding hydrogens is 213 g/mol. The first kappa shape index (κ1) is 10.8. The molecule has 86 valence electrons. The molecule has 1 unspecified atom stereocenters. The summed E-state index contributed by atoms with van der Waals surface area (Å²) in [6.07, 6.45) is 1.92. The minimum atomic E-state index is -1.20. The monoisotopic (exact) mass is 225 g/mol. The zero-order chi connectivity index (χ0) is 11.7. The van der Waals surface area contributed by atoms with Crippen LogP contribution in [0.25, 0.3) is 0 Å². The Morgan fingerprint density at radius 2 is 2.44 bits per heavy atom. The average molecular weight is 225 g/mol. The molecule has 1 aliphatic carbocycles. The van der Waals surface area contributed by atoms with E-state index in [1.165, 1.54) is 16.8 Å². The molecule has 1 aliphatic rings. The van der Waals surface area contributed by atoms with Crippen molar-refractivity contribution in [3.8, 4) is 0 Å². The minimum absolute atomic E-state index is 0.112. The van der Waals surface area contributed by atoms with E-state index >= 15 is 0 Å². The van der Waals surface area contributed by atoms with Gasteiger partial charge in [-0.15, -0.1) is 0 Å². The van der Waals surface area contributed by atoms with E-state index in [4.69, 9.17) is 10.8 Å². The van der Waals surface area contributed by atoms with Gasteiger partial charge in [-0.3, -0.25) is 4.57 Å². The lowest BCUT2D eigenvalue weighted by Crippen LogP contribution is -2.29. The Morgan fingerprint density at radius 3 is 3.00 bits per heavy atom. The normalized spacial score (nSPS) is 24.5. The van der Waals surface area contributed by atoms with E-state index in [0.29, 0.717) is 5.57 Å². The van der Waals surface area contributed by atoms with Gasteiger partial charge >= 0.3 is 5.69 Å². The maximum atomic E-state index is 13.6. The van der Waals surface area contributed by atoms with Gasteiger partial charge in [0.25, 0.3) is 0 Å². The van der Waals surface area contributed by atoms with Crippen LogP contribution in [0.1, 0.15) is 12.5 Å². The molecule has 1 aromatic heterocycles. The molecule has 0 fully saturated rings. The van der Waals surface area contributed by atoms with Gasteiger partial charge in [-0.2, -0.15) is 4.98 Å². The van der Waals surface area contributed by atoms with Gasteiger partial charge < -0.3 is 10.8 Å². The number of halogens is 1. The first-order valence-electron chi connectivity index (χ1n) is 4.91. The van der Waals surface area contributed by atoms with Crippen molar-refractivity contribution < 1.29 is 9.50 Å². The molecule has 16 heavy (non-hydrogen) atoms. The number of allylic oxidation sites excluding steroid dienone is 1. The Labute approximate surface area is 91.0 Å². The van der Waals surface area contributed by atoms with Gasteiger partial charge in [0.2, 0.25) is 0 Å². The molecule has 1 aromatic rings. The highest BCUT2D eigenvalue weighted by Crippen LogP contribution is 2.29. The van der Waals surface area contributed by atoms with E-state index in [0.717, 1.165) is 0 Å². The van der Waals surface area contributed by atoms with E-state index < -0.39 is 17.9 Å². The van der Waals surface area contributed by atoms with Crippen molar-refractivity contribution in [2.24, 2.45) is 0 Å². The summed E-state index contributed by atoms with van der Waals surface area (Å²) in [6, 6.07) is 0.751. The van der Waals surface area contributed by atoms with Crippen molar-refractivity contribution in [2.75, 3.05) is 12.3 Å². The van der Waals surface area contributed by atoms with Crippen molar-refractivity contribution in [3.63, 3.8) is 0 Å². The van der Waals surface area contributed by atoms with Gasteiger partial charge in [-0.05, 0) is 11.6 Å². The van der Waals surface area contributed by atoms with Crippen molar-refractivity contribution in [2.45, 2.75) is 18.6 Å². The highest BCUT2D eigenvalue weighted by Gasteiger charge is 2.29. The van der Waals surface area contributed by atoms with Crippen LogP contribution in [0.5, 0.6) is 0 Å². The number of nitrogens with two attached hydrogens (primary N) is 1. The zero-order valence-electron chi connectivity index (χ0n) is 8.51. The number of rotatable bonds is 2. The quantitative estimate of drug-likeness (QED) is 0.696. The van der Waals surface area contributed by atoms with Crippen LogP contribution < -0.4 is 11.4 Å². The number of nitrogen functional groups attached to an aromatic ring is 1. The standard InChI is InChI=1S/C10H12FN3O2/c11-7-3-6(5-15)4-8(7)14-2-1-9(12)13-10(14)16/h1-2,4,7-8,15H,3,5H2,(H2,12,13,16)/t7?,8-/m1/s1. The Hall–Kier alpha value is -1.69. The van der Waals surface area contributed by atoms with Crippen LogP contribution in [0.3, 0.4) is 0 Å². The number of nitrogens with zero attached hydrogens (tertiary/aromatic N) is 2. The lowest BCUT2D eigenvalue weighted by molar-refractivity contribution is 0.265. The molecule has 0 aromatic carbocycles. The molecule has 5 nitrogen and oxygen atoms in total. The third-order valence-electron chi connectivity index (χ3n) is 2.61. The summed E-state index contributed by atoms with van der Waals surface area (Å²) in [5, 5.41) is 8.90. The van der Waals surface area contributed by atoms with Gasteiger partial charge in [0.15, 0.2) is 0 Å². The van der Waals surface area contributed by atoms with Crippen LogP contribution in [-0.4, -0.2) is 27.4 Å². The van der Waals surface area contributed by atoms with E-state index in [9.17, 15) is 9.18 Å². The number of anilines is 1. The summed E-state index contributed by atoms with van der Waals surface area (Å²) in [4.78, 5) is 15.0. The van der Waals surface area contributed by atoms with Crippen LogP contribution >= 0.6 is 0 Å². The lowest BCUT2D eigenvalue weighted by Gasteiger charge is -2.14. The van der Waals surface area contributed by atoms with Crippen LogP contribution in [0.15, 0.2) is 28.7 Å². The van der Waals surface area contributed by atoms with Crippen LogP contribution in [0, 0.1) is 0 Å². The predicted molar refractivity (Wildman–Crippen MR) is 56.6 cm³/mol. The second kappa shape index (κ2) is 4.05. The van der Waals surface area contributed by atoms with Gasteiger partial charge in [-0.1, -0.05) is 6.08 Å². The molecule has 0 aliphatic heterocycles. The highest BCUT2D eigenvalue weighted by atomic mass is 19.1. The number of hydrogen-bond donors (Lipinski definition) is 2. The molecule has 2 atom stereocenters. The van der Waals surface area contributed by atoms with Crippen LogP contribution in [0.2, 0.25) is 0 Å². The molecule has 0 bridgehead atoms. The summed E-state index contributed by atoms with van der Waals surface area (Å²) >= 11 is 0. The predicted octanol–water partition coefficient (Wildman–Crippen LogP) is 0.0271. The van der Waals surface area contributed by atoms with Gasteiger partial charge in [0.05, 0.1) is 12.6 Å². The van der Waals surface area contributed by atoms with Crippen LogP contribution in [-0.2, 0) is 0 Å². The molecule has 0 amide bonds. The summed E-state index contributed by atoms with van der Waals surface area (Å²) in [7, 11) is 0. The first-order chi connectivity index (χ1) is 7.61. The fraction of sp³-hybridized carbons (Fsp3) is 0.400. The second-order valence-corrected chi connectivity index (χ2v) is 3.74. The van der Waals surface area contributed by atoms with Gasteiger partial charge in [-0.25, -0.2) is 9.18 Å². The Morgan fingerprint density at radius 1 is 1.69 bits per heavy atom. The largest absolute Gasteiger partial charge is 0.392 e. The average Bonchev–Trinajstić information content (AvgIpc) is 2.60. The molecular formula is C10H12FN3O2. The Bertz CT molecular complexity index is 483. The number of hydrogen-bond acceptors (Lipinski definition) is 4. The van der Waals surface area contributed by atoms with Gasteiger partial charge in [0.1, 0.15) is 12.0 Å². The molecule has 0 saturated heterocycles. The fourth-order valence-electron chi connectivity index (χ4n) is 1.81. The van der Waals surface area contributed by atoms with Crippen molar-refractivity contribution in [1.82, 2.24) is 9.55 Å². The molecule has 0 spiro atoms. The third-order valence-corrected chi connectivity index (χ3v) is 2.61. The molecule has 6 heteroatoms. The summed E-state index contributed by atoms with van der Waals surface area (Å²) < 4.78 is 14.8. The number of aromatic nitrogens is 2. The second-order valence-electron chi connectivity index (χ2n) is 3.74. The number of alkyl halides is 1. The summed E-state index contributed by atoms with van der Waals surface area (Å²) in [5.41, 5.74) is 5.36. The SMILES string of the molecule is Nc1ccn([C@@H]2C=C(CO)CC2F)c(=O)n1. The van der Waals surface area contributed by atoms with E-state index in [1.54, 1.807) is 6.08 Å². The van der Waals surface area contributed by atoms with Crippen LogP contribution in [0.4, 0.5) is 10.2 Å². The first-order valence-corrected chi connectivity index (χ1v) is 4.91. The maximum absolute atomic E-state index is 13.6. The van der Waals surface area contributed by atoms with E-state index in [-0.39, 0.29) is 18.8 Å². The van der Waals surface area contributed by atoms with E-state index in [1.807, 2.05) is 0 Å². The molecule has 2 rings (SSSR count). The zero-order valence-corrected chi connectivity index (χ0v) is 8.51. The van der Waals surface area contributed by atoms with Crippen molar-refractivity contribution in [3.05, 3.63) is 34.4 Å². The molecule has 0 radical (unpaired) electrons. The van der Waals surface area contributed by atoms with E-state index in [2.05, 4.69) is 4.98 Å². The Balaban J connectivity index is 2.38. The summed E-state index contributed by atoms with van der Waals surface area (Å²) in [5.74, 6) is 0.112. The summed E-state index contributed by atoms with van der Waals surface area (Å²) in [6.45, 7) is -0.186. The Kier molecular flexibility index (Phi) is 2.74. The molecule has 0 saturated carbocycles. The molecule has 3 N–H and O–H groups in total. The molecule has 1 heterocycles. The number of aliphatic hydroxyl groups is 1. The smallest absolute Gasteiger partial charge is 0.350 e.